The molecule has 2 N–H and O–H groups in total. The van der Waals surface area contributed by atoms with Crippen molar-refractivity contribution in [3.63, 3.8) is 0 Å². The fourth-order valence-electron chi connectivity index (χ4n) is 3.20. The topological polar surface area (TPSA) is 127 Å². The first-order valence-electron chi connectivity index (χ1n) is 10.3. The predicted octanol–water partition coefficient (Wildman–Crippen LogP) is 4.60. The number of nitriles is 1. The first-order chi connectivity index (χ1) is 15.4. The van der Waals surface area contributed by atoms with Crippen LogP contribution in [-0.4, -0.2) is 31.7 Å². The molecule has 1 aromatic carbocycles. The number of pyridine rings is 1. The molecule has 0 fully saturated rings. The summed E-state index contributed by atoms with van der Waals surface area (Å²) in [5.41, 5.74) is 10.2. The number of hydrogen-bond acceptors (Lipinski definition) is 8. The van der Waals surface area contributed by atoms with Crippen LogP contribution in [0, 0.1) is 18.3 Å². The van der Waals surface area contributed by atoms with E-state index in [-0.39, 0.29) is 4.28 Å². The van der Waals surface area contributed by atoms with Gasteiger partial charge in [0.25, 0.3) is 5.89 Å². The number of aryl methyl sites for hydroxylation is 1. The van der Waals surface area contributed by atoms with Crippen LogP contribution < -0.4 is 5.73 Å². The highest BCUT2D eigenvalue weighted by Crippen LogP contribution is 2.28. The van der Waals surface area contributed by atoms with Crippen molar-refractivity contribution in [2.75, 3.05) is 6.54 Å². The Kier molecular flexibility index (Phi) is 5.75. The molecule has 0 atom stereocenters. The zero-order valence-electron chi connectivity index (χ0n) is 18.2. The molecular weight excluding hydrogens is 402 g/mol. The van der Waals surface area contributed by atoms with Crippen molar-refractivity contribution in [1.82, 2.24) is 25.1 Å². The number of nitrogens with zero attached hydrogens (tertiary/aromatic N) is 6. The highest BCUT2D eigenvalue weighted by atomic mass is 16.4. The van der Waals surface area contributed by atoms with Crippen LogP contribution in [0.25, 0.3) is 34.3 Å². The minimum absolute atomic E-state index is 0. The van der Waals surface area contributed by atoms with Crippen LogP contribution in [0.4, 0.5) is 0 Å². The number of aromatic nitrogens is 5. The van der Waals surface area contributed by atoms with Crippen LogP contribution in [0.5, 0.6) is 0 Å². The monoisotopic (exact) mass is 431 g/mol. The Hall–Kier alpha value is -3.96. The number of hydrogen-bond donors (Lipinski definition) is 1. The second-order valence-electron chi connectivity index (χ2n) is 8.00. The van der Waals surface area contributed by atoms with E-state index < -0.39 is 5.41 Å². The summed E-state index contributed by atoms with van der Waals surface area (Å²) in [5, 5.41) is 17.8. The van der Waals surface area contributed by atoms with Gasteiger partial charge in [0.15, 0.2) is 0 Å². The van der Waals surface area contributed by atoms with Crippen LogP contribution in [-0.2, 0) is 11.8 Å². The van der Waals surface area contributed by atoms with Gasteiger partial charge in [0.2, 0.25) is 5.89 Å². The molecule has 4 aromatic rings. The molecule has 0 amide bonds. The first kappa shape index (κ1) is 21.3. The van der Waals surface area contributed by atoms with Gasteiger partial charge < -0.3 is 10.2 Å². The number of nitrogens with two attached hydrogens (primary N) is 1. The minimum atomic E-state index is -0.710. The molecule has 0 bridgehead atoms. The van der Waals surface area contributed by atoms with E-state index in [2.05, 4.69) is 26.2 Å². The summed E-state index contributed by atoms with van der Waals surface area (Å²) in [6, 6.07) is 13.8. The Balaban J connectivity index is 0.00000204. The van der Waals surface area contributed by atoms with Gasteiger partial charge in [0.1, 0.15) is 5.69 Å². The number of rotatable bonds is 6. The molecule has 0 aliphatic heterocycles. The van der Waals surface area contributed by atoms with Gasteiger partial charge >= 0.3 is 0 Å². The largest absolute Gasteiger partial charge is 0.415 e. The second kappa shape index (κ2) is 8.65. The molecule has 0 saturated carbocycles. The molecule has 8 heteroatoms. The molecule has 166 valence electrons. The molecule has 0 aliphatic rings. The summed E-state index contributed by atoms with van der Waals surface area (Å²) in [7, 11) is 0. The molecule has 0 aliphatic carbocycles. The highest BCUT2D eigenvalue weighted by Gasteiger charge is 2.22. The third-order valence-corrected chi connectivity index (χ3v) is 5.19. The molecule has 0 saturated heterocycles. The fraction of sp³-hybridized carbons (Fsp3) is 0.250. The van der Waals surface area contributed by atoms with Crippen LogP contribution in [0.15, 0.2) is 53.2 Å². The van der Waals surface area contributed by atoms with Gasteiger partial charge in [0.05, 0.1) is 34.8 Å². The lowest BCUT2D eigenvalue weighted by atomic mass is 9.90. The van der Waals surface area contributed by atoms with E-state index in [1.165, 1.54) is 0 Å². The average molecular weight is 432 g/mol. The maximum absolute atomic E-state index is 9.43. The SMILES string of the molecule is Cc1ncc(-c2ccnc(C(C)(C)C#N)c2)nc1-c1nnc(-c2ccc(CCN)cc2)o1.[HH].[HH].[HH]. The van der Waals surface area contributed by atoms with Crippen LogP contribution >= 0.6 is 0 Å². The van der Waals surface area contributed by atoms with Crippen molar-refractivity contribution in [2.45, 2.75) is 32.6 Å². The molecule has 3 heterocycles. The Morgan fingerprint density at radius 1 is 1.06 bits per heavy atom. The smallest absolute Gasteiger partial charge is 0.268 e. The van der Waals surface area contributed by atoms with Crippen molar-refractivity contribution in [3.05, 3.63) is 65.7 Å². The molecule has 4 rings (SSSR count). The van der Waals surface area contributed by atoms with Crippen molar-refractivity contribution in [1.29, 1.82) is 5.26 Å². The van der Waals surface area contributed by atoms with Gasteiger partial charge in [-0.15, -0.1) is 10.2 Å². The van der Waals surface area contributed by atoms with Crippen molar-refractivity contribution in [3.8, 4) is 40.4 Å². The second-order valence-corrected chi connectivity index (χ2v) is 8.00. The molecule has 0 radical (unpaired) electrons. The lowest BCUT2D eigenvalue weighted by Crippen LogP contribution is -2.15. The molecule has 32 heavy (non-hydrogen) atoms. The van der Waals surface area contributed by atoms with Gasteiger partial charge in [-0.1, -0.05) is 12.1 Å². The zero-order valence-corrected chi connectivity index (χ0v) is 18.2. The van der Waals surface area contributed by atoms with Crippen molar-refractivity contribution < 1.29 is 8.70 Å². The predicted molar refractivity (Wildman–Crippen MR) is 126 cm³/mol. The Morgan fingerprint density at radius 3 is 2.53 bits per heavy atom. The minimum Gasteiger partial charge on any atom is -0.415 e. The summed E-state index contributed by atoms with van der Waals surface area (Å²) < 4.78 is 5.92. The third-order valence-electron chi connectivity index (χ3n) is 5.19. The Bertz CT molecular complexity index is 1300. The molecule has 0 spiro atoms. The zero-order chi connectivity index (χ0) is 22.7. The lowest BCUT2D eigenvalue weighted by Gasteiger charge is -2.15. The van der Waals surface area contributed by atoms with E-state index in [1.54, 1.807) is 12.4 Å². The van der Waals surface area contributed by atoms with Crippen LogP contribution in [0.2, 0.25) is 0 Å². The normalized spacial score (nSPS) is 11.3. The third kappa shape index (κ3) is 4.24. The fourth-order valence-corrected chi connectivity index (χ4v) is 3.20. The van der Waals surface area contributed by atoms with Gasteiger partial charge in [-0.25, -0.2) is 4.98 Å². The lowest BCUT2D eigenvalue weighted by molar-refractivity contribution is 0.581. The van der Waals surface area contributed by atoms with Crippen molar-refractivity contribution >= 4 is 0 Å². The first-order valence-corrected chi connectivity index (χ1v) is 10.3. The number of benzene rings is 1. The van der Waals surface area contributed by atoms with E-state index >= 15 is 0 Å². The quantitative estimate of drug-likeness (QED) is 0.469. The van der Waals surface area contributed by atoms with Crippen LogP contribution in [0.3, 0.4) is 0 Å². The van der Waals surface area contributed by atoms with Crippen LogP contribution in [0.1, 0.15) is 35.1 Å². The van der Waals surface area contributed by atoms with E-state index in [1.807, 2.05) is 57.2 Å². The van der Waals surface area contributed by atoms with E-state index in [4.69, 9.17) is 15.1 Å². The van der Waals surface area contributed by atoms with E-state index in [0.717, 1.165) is 23.1 Å². The van der Waals surface area contributed by atoms with E-state index in [9.17, 15) is 5.26 Å². The standard InChI is InChI=1S/C24H23N7O.3H2/c1-15-21(23-31-30-22(32-23)17-6-4-16(5-7-17)8-10-25)29-19(13-28-15)18-9-11-27-20(12-18)24(2,3)14-26;;;/h4-7,9,11-13H,8,10,25H2,1-3H3;3*1H. The highest BCUT2D eigenvalue weighted by molar-refractivity contribution is 5.64. The van der Waals surface area contributed by atoms with Gasteiger partial charge in [0, 0.05) is 21.6 Å². The maximum atomic E-state index is 9.43. The van der Waals surface area contributed by atoms with Gasteiger partial charge in [-0.2, -0.15) is 5.26 Å². The van der Waals surface area contributed by atoms with Crippen molar-refractivity contribution in [2.24, 2.45) is 5.73 Å². The summed E-state index contributed by atoms with van der Waals surface area (Å²) >= 11 is 0. The molecule has 3 aromatic heterocycles. The van der Waals surface area contributed by atoms with Gasteiger partial charge in [-0.3, -0.25) is 9.97 Å². The summed E-state index contributed by atoms with van der Waals surface area (Å²) in [5.74, 6) is 0.706. The Labute approximate surface area is 190 Å². The van der Waals surface area contributed by atoms with E-state index in [0.29, 0.717) is 41.1 Å². The molecule has 8 nitrogen and oxygen atoms in total. The molecule has 0 unspecified atom stereocenters. The summed E-state index contributed by atoms with van der Waals surface area (Å²) in [4.78, 5) is 13.5. The average Bonchev–Trinajstić information content (AvgIpc) is 3.30. The Morgan fingerprint density at radius 2 is 1.81 bits per heavy atom. The summed E-state index contributed by atoms with van der Waals surface area (Å²) in [6.45, 7) is 6.10. The summed E-state index contributed by atoms with van der Waals surface area (Å²) in [6.07, 6.45) is 4.17. The maximum Gasteiger partial charge on any atom is 0.268 e. The van der Waals surface area contributed by atoms with Gasteiger partial charge in [-0.05, 0) is 63.6 Å². The molecular formula is C24H29N7O.